The van der Waals surface area contributed by atoms with Gasteiger partial charge >= 0.3 is 6.01 Å². The summed E-state index contributed by atoms with van der Waals surface area (Å²) in [6, 6.07) is 15.4. The number of H-pyrrole nitrogens is 1. The third kappa shape index (κ3) is 4.78. The van der Waals surface area contributed by atoms with E-state index in [2.05, 4.69) is 9.97 Å². The number of rotatable bonds is 7. The van der Waals surface area contributed by atoms with Crippen LogP contribution in [0.4, 0.5) is 19.1 Å². The quantitative estimate of drug-likeness (QED) is 0.332. The Morgan fingerprint density at radius 2 is 1.88 bits per heavy atom. The molecule has 1 unspecified atom stereocenters. The predicted octanol–water partition coefficient (Wildman–Crippen LogP) is 5.47. The molecule has 1 atom stereocenters. The van der Waals surface area contributed by atoms with Crippen molar-refractivity contribution in [1.29, 1.82) is 0 Å². The molecule has 6 rings (SSSR count). The van der Waals surface area contributed by atoms with E-state index in [4.69, 9.17) is 9.72 Å². The Bertz CT molecular complexity index is 1630. The van der Waals surface area contributed by atoms with Gasteiger partial charge in [-0.25, -0.2) is 27.7 Å². The summed E-state index contributed by atoms with van der Waals surface area (Å²) < 4.78 is 50.2. The number of anilines is 1. The van der Waals surface area contributed by atoms with E-state index in [-0.39, 0.29) is 37.6 Å². The molecule has 3 heterocycles. The molecule has 0 bridgehead atoms. The molecule has 2 aromatic heterocycles. The van der Waals surface area contributed by atoms with Gasteiger partial charge in [0.2, 0.25) is 5.95 Å². The molecule has 0 saturated heterocycles. The number of benzene rings is 2. The monoisotopic (exact) mass is 547 g/mol. The van der Waals surface area contributed by atoms with E-state index in [1.54, 1.807) is 36.4 Å². The lowest BCUT2D eigenvalue weighted by molar-refractivity contribution is -0.0439. The highest BCUT2D eigenvalue weighted by atomic mass is 19.3. The number of nitrogens with zero attached hydrogens (tertiary/aromatic N) is 4. The van der Waals surface area contributed by atoms with Crippen molar-refractivity contribution < 1.29 is 17.9 Å². The van der Waals surface area contributed by atoms with Crippen molar-refractivity contribution in [2.24, 2.45) is 5.92 Å². The minimum absolute atomic E-state index is 0.0829. The van der Waals surface area contributed by atoms with Gasteiger partial charge in [-0.05, 0) is 24.3 Å². The summed E-state index contributed by atoms with van der Waals surface area (Å²) in [7, 11) is 0. The first-order valence-electron chi connectivity index (χ1n) is 13.3. The molecule has 1 N–H and O–H groups in total. The Balaban J connectivity index is 1.31. The summed E-state index contributed by atoms with van der Waals surface area (Å²) in [4.78, 5) is 28.4. The van der Waals surface area contributed by atoms with Crippen LogP contribution in [0.2, 0.25) is 0 Å². The maximum atomic E-state index is 14.3. The van der Waals surface area contributed by atoms with Crippen LogP contribution in [0.25, 0.3) is 11.8 Å². The molecule has 0 spiro atoms. The Morgan fingerprint density at radius 3 is 2.65 bits per heavy atom. The summed E-state index contributed by atoms with van der Waals surface area (Å²) in [5, 5.41) is 0. The van der Waals surface area contributed by atoms with Crippen LogP contribution in [0.3, 0.4) is 0 Å². The number of allylic oxidation sites excluding steroid dienone is 1. The Hall–Kier alpha value is -4.34. The number of halogens is 3. The molecule has 10 heteroatoms. The number of aromatic amines is 1. The Labute approximate surface area is 229 Å². The molecule has 0 saturated carbocycles. The van der Waals surface area contributed by atoms with Crippen molar-refractivity contribution in [3.8, 4) is 11.7 Å². The van der Waals surface area contributed by atoms with E-state index in [1.807, 2.05) is 23.1 Å². The van der Waals surface area contributed by atoms with Crippen LogP contribution in [0.15, 0.2) is 65.5 Å². The maximum absolute atomic E-state index is 14.3. The van der Waals surface area contributed by atoms with Gasteiger partial charge in [0, 0.05) is 43.0 Å². The SMILES string of the molecule is CCC(F)(F)C1C=Cc2nc(N3CCc4nc(OCc5ccccc5F)n(-c5ccccc5)c(=O)c4C3)[nH]c2C1. The van der Waals surface area contributed by atoms with Crippen molar-refractivity contribution in [2.45, 2.75) is 45.3 Å². The van der Waals surface area contributed by atoms with Crippen molar-refractivity contribution in [1.82, 2.24) is 19.5 Å². The number of hydrogen-bond acceptors (Lipinski definition) is 5. The summed E-state index contributed by atoms with van der Waals surface area (Å²) in [5.41, 5.74) is 3.05. The minimum atomic E-state index is -2.79. The molecule has 0 amide bonds. The van der Waals surface area contributed by atoms with E-state index in [9.17, 15) is 18.0 Å². The van der Waals surface area contributed by atoms with Crippen LogP contribution in [0.5, 0.6) is 6.01 Å². The fourth-order valence-electron chi connectivity index (χ4n) is 5.19. The van der Waals surface area contributed by atoms with Gasteiger partial charge in [0.15, 0.2) is 0 Å². The maximum Gasteiger partial charge on any atom is 0.304 e. The molecule has 0 radical (unpaired) electrons. The second kappa shape index (κ2) is 10.3. The fraction of sp³-hybridized carbons (Fsp3) is 0.300. The van der Waals surface area contributed by atoms with Crippen molar-refractivity contribution in [3.63, 3.8) is 0 Å². The van der Waals surface area contributed by atoms with Crippen molar-refractivity contribution in [2.75, 3.05) is 11.4 Å². The lowest BCUT2D eigenvalue weighted by atomic mass is 9.89. The first-order valence-corrected chi connectivity index (χ1v) is 13.3. The van der Waals surface area contributed by atoms with Crippen LogP contribution in [0.1, 0.15) is 41.6 Å². The van der Waals surface area contributed by atoms with Gasteiger partial charge in [0.05, 0.1) is 29.2 Å². The summed E-state index contributed by atoms with van der Waals surface area (Å²) in [5.74, 6) is -3.54. The summed E-state index contributed by atoms with van der Waals surface area (Å²) >= 11 is 0. The van der Waals surface area contributed by atoms with Gasteiger partial charge < -0.3 is 14.6 Å². The molecule has 1 aliphatic carbocycles. The molecule has 2 aromatic carbocycles. The van der Waals surface area contributed by atoms with E-state index >= 15 is 0 Å². The average Bonchev–Trinajstić information content (AvgIpc) is 3.41. The fourth-order valence-corrected chi connectivity index (χ4v) is 5.19. The third-order valence-corrected chi connectivity index (χ3v) is 7.55. The Kier molecular flexibility index (Phi) is 6.69. The van der Waals surface area contributed by atoms with E-state index in [0.29, 0.717) is 52.8 Å². The molecule has 7 nitrogen and oxygen atoms in total. The zero-order valence-corrected chi connectivity index (χ0v) is 21.9. The largest absolute Gasteiger partial charge is 0.459 e. The van der Waals surface area contributed by atoms with Crippen LogP contribution in [-0.2, 0) is 26.0 Å². The van der Waals surface area contributed by atoms with Crippen LogP contribution in [-0.4, -0.2) is 32.0 Å². The van der Waals surface area contributed by atoms with Gasteiger partial charge in [-0.2, -0.15) is 0 Å². The molecular formula is C30H28F3N5O2. The first-order chi connectivity index (χ1) is 19.3. The highest BCUT2D eigenvalue weighted by Crippen LogP contribution is 2.36. The van der Waals surface area contributed by atoms with Crippen molar-refractivity contribution in [3.05, 3.63) is 105 Å². The first kappa shape index (κ1) is 25.9. The average molecular weight is 548 g/mol. The predicted molar refractivity (Wildman–Crippen MR) is 145 cm³/mol. The second-order valence-electron chi connectivity index (χ2n) is 10.1. The van der Waals surface area contributed by atoms with Gasteiger partial charge in [-0.15, -0.1) is 0 Å². The van der Waals surface area contributed by atoms with Gasteiger partial charge in [-0.1, -0.05) is 49.4 Å². The summed E-state index contributed by atoms with van der Waals surface area (Å²) in [6.45, 7) is 2.17. The molecule has 4 aromatic rings. The number of alkyl halides is 2. The lowest BCUT2D eigenvalue weighted by Gasteiger charge is -2.28. The zero-order chi connectivity index (χ0) is 27.9. The lowest BCUT2D eigenvalue weighted by Crippen LogP contribution is -2.38. The number of para-hydroxylation sites is 1. The van der Waals surface area contributed by atoms with Crippen LogP contribution >= 0.6 is 0 Å². The number of aromatic nitrogens is 4. The van der Waals surface area contributed by atoms with Gasteiger partial charge in [0.1, 0.15) is 12.4 Å². The standard InChI is InChI=1S/C30H28F3N5O2/c1-2-30(32,33)20-12-13-25-26(16-20)35-28(34-25)37-15-14-24-22(17-37)27(39)38(21-9-4-3-5-10-21)29(36-24)40-18-19-8-6-7-11-23(19)31/h3-13,20H,2,14-18H2,1H3,(H,34,35). The number of hydrogen-bond donors (Lipinski definition) is 1. The summed E-state index contributed by atoms with van der Waals surface area (Å²) in [6.07, 6.45) is 3.58. The Morgan fingerprint density at radius 1 is 1.10 bits per heavy atom. The van der Waals surface area contributed by atoms with Gasteiger partial charge in [0.25, 0.3) is 11.5 Å². The van der Waals surface area contributed by atoms with Gasteiger partial charge in [-0.3, -0.25) is 4.79 Å². The van der Waals surface area contributed by atoms with E-state index in [0.717, 1.165) is 0 Å². The van der Waals surface area contributed by atoms with Crippen LogP contribution < -0.4 is 15.2 Å². The number of imidazole rings is 1. The number of fused-ring (bicyclic) bond motifs is 2. The molecule has 0 fully saturated rings. The molecule has 40 heavy (non-hydrogen) atoms. The molecule has 1 aliphatic heterocycles. The third-order valence-electron chi connectivity index (χ3n) is 7.55. The highest BCUT2D eigenvalue weighted by Gasteiger charge is 2.38. The smallest absolute Gasteiger partial charge is 0.304 e. The minimum Gasteiger partial charge on any atom is -0.459 e. The van der Waals surface area contributed by atoms with Crippen molar-refractivity contribution >= 4 is 12.0 Å². The highest BCUT2D eigenvalue weighted by molar-refractivity contribution is 5.55. The number of nitrogens with one attached hydrogen (secondary N) is 1. The molecule has 206 valence electrons. The molecule has 2 aliphatic rings. The molecular weight excluding hydrogens is 519 g/mol. The van der Waals surface area contributed by atoms with Crippen LogP contribution in [0, 0.1) is 11.7 Å². The normalized spacial score (nSPS) is 16.5. The topological polar surface area (TPSA) is 76.0 Å². The second-order valence-corrected chi connectivity index (χ2v) is 10.1. The van der Waals surface area contributed by atoms with E-state index in [1.165, 1.54) is 23.6 Å². The zero-order valence-electron chi connectivity index (χ0n) is 21.9. The van der Waals surface area contributed by atoms with E-state index < -0.39 is 17.7 Å². The number of ether oxygens (including phenoxy) is 1.